The lowest BCUT2D eigenvalue weighted by atomic mass is 10.1. The molecular formula is C40H43N5O5. The number of hydrazine groups is 2. The Labute approximate surface area is 293 Å². The molecule has 5 aromatic rings. The third-order valence-corrected chi connectivity index (χ3v) is 7.86. The number of anilines is 5. The molecule has 0 aliphatic heterocycles. The number of nitrogens with zero attached hydrogens (tertiary/aromatic N) is 1. The molecule has 0 aliphatic rings. The van der Waals surface area contributed by atoms with Crippen LogP contribution in [-0.4, -0.2) is 39.2 Å². The maximum Gasteiger partial charge on any atom is 0.343 e. The first-order chi connectivity index (χ1) is 24.4. The molecule has 0 atom stereocenters. The second kappa shape index (κ2) is 17.8. The molecule has 0 aromatic heterocycles. The fourth-order valence-corrected chi connectivity index (χ4v) is 5.06. The largest absolute Gasteiger partial charge is 0.494 e. The van der Waals surface area contributed by atoms with Crippen molar-refractivity contribution in [1.29, 1.82) is 0 Å². The summed E-state index contributed by atoms with van der Waals surface area (Å²) in [6, 6.07) is 34.4. The molecule has 5 aromatic carbocycles. The number of benzene rings is 5. The van der Waals surface area contributed by atoms with Crippen LogP contribution in [0.15, 0.2) is 122 Å². The molecule has 50 heavy (non-hydrogen) atoms. The van der Waals surface area contributed by atoms with E-state index in [0.717, 1.165) is 64.9 Å². The molecule has 10 nitrogen and oxygen atoms in total. The molecule has 0 amide bonds. The van der Waals surface area contributed by atoms with Crippen LogP contribution in [0.5, 0.6) is 11.5 Å². The third kappa shape index (κ3) is 10.2. The van der Waals surface area contributed by atoms with Gasteiger partial charge in [-0.05, 0) is 111 Å². The second-order valence-electron chi connectivity index (χ2n) is 11.7. The third-order valence-electron chi connectivity index (χ3n) is 7.86. The van der Waals surface area contributed by atoms with Gasteiger partial charge in [-0.3, -0.25) is 0 Å². The van der Waals surface area contributed by atoms with Gasteiger partial charge in [-0.25, -0.2) is 9.59 Å². The van der Waals surface area contributed by atoms with E-state index in [2.05, 4.69) is 45.3 Å². The Morgan fingerprint density at radius 1 is 0.660 bits per heavy atom. The van der Waals surface area contributed by atoms with E-state index in [1.54, 1.807) is 30.3 Å². The fraction of sp³-hybridized carbons (Fsp3) is 0.200. The van der Waals surface area contributed by atoms with Crippen molar-refractivity contribution in [2.75, 3.05) is 53.9 Å². The minimum absolute atomic E-state index is 0.392. The Kier molecular flexibility index (Phi) is 12.5. The number of hydrogen-bond donors (Lipinski definition) is 4. The van der Waals surface area contributed by atoms with Crippen molar-refractivity contribution < 1.29 is 23.8 Å². The van der Waals surface area contributed by atoms with E-state index in [4.69, 9.17) is 14.2 Å². The smallest absolute Gasteiger partial charge is 0.343 e. The Balaban J connectivity index is 1.09. The van der Waals surface area contributed by atoms with Gasteiger partial charge in [0, 0.05) is 36.6 Å². The highest BCUT2D eigenvalue weighted by molar-refractivity contribution is 6.01. The molecule has 0 spiro atoms. The van der Waals surface area contributed by atoms with Gasteiger partial charge < -0.3 is 40.8 Å². The Morgan fingerprint density at radius 3 is 1.86 bits per heavy atom. The van der Waals surface area contributed by atoms with E-state index >= 15 is 0 Å². The summed E-state index contributed by atoms with van der Waals surface area (Å²) in [4.78, 5) is 26.2. The van der Waals surface area contributed by atoms with Crippen molar-refractivity contribution in [3.05, 3.63) is 127 Å². The summed E-state index contributed by atoms with van der Waals surface area (Å²) in [7, 11) is 4.03. The van der Waals surface area contributed by atoms with Gasteiger partial charge in [-0.2, -0.15) is 0 Å². The van der Waals surface area contributed by atoms with Crippen molar-refractivity contribution in [1.82, 2.24) is 0 Å². The summed E-state index contributed by atoms with van der Waals surface area (Å²) in [5.41, 5.74) is 18.1. The van der Waals surface area contributed by atoms with Gasteiger partial charge in [0.1, 0.15) is 11.5 Å². The van der Waals surface area contributed by atoms with Gasteiger partial charge in [-0.15, -0.1) is 0 Å². The molecule has 258 valence electrons. The Bertz CT molecular complexity index is 1860. The number of carbonyl (C=O) groups is 2. The van der Waals surface area contributed by atoms with Gasteiger partial charge in [0.25, 0.3) is 0 Å². The quantitative estimate of drug-likeness (QED) is 0.0237. The number of carbonyl (C=O) groups excluding carboxylic acids is 2. The van der Waals surface area contributed by atoms with Crippen molar-refractivity contribution in [2.45, 2.75) is 25.7 Å². The van der Waals surface area contributed by atoms with E-state index in [1.165, 1.54) is 6.08 Å². The second-order valence-corrected chi connectivity index (χ2v) is 11.7. The van der Waals surface area contributed by atoms with Crippen LogP contribution in [0.4, 0.5) is 28.4 Å². The predicted molar refractivity (Wildman–Crippen MR) is 202 cm³/mol. The summed E-state index contributed by atoms with van der Waals surface area (Å²) >= 11 is 0. The predicted octanol–water partition coefficient (Wildman–Crippen LogP) is 8.67. The van der Waals surface area contributed by atoms with Crippen molar-refractivity contribution >= 4 is 51.1 Å². The highest BCUT2D eigenvalue weighted by atomic mass is 16.5. The molecule has 0 aliphatic carbocycles. The highest BCUT2D eigenvalue weighted by Crippen LogP contribution is 2.32. The van der Waals surface area contributed by atoms with Gasteiger partial charge in [0.2, 0.25) is 0 Å². The number of esters is 2. The highest BCUT2D eigenvalue weighted by Gasteiger charge is 2.13. The molecule has 4 N–H and O–H groups in total. The van der Waals surface area contributed by atoms with Crippen LogP contribution in [0.2, 0.25) is 0 Å². The Morgan fingerprint density at radius 2 is 1.24 bits per heavy atom. The van der Waals surface area contributed by atoms with Crippen molar-refractivity contribution in [3.8, 4) is 11.5 Å². The molecule has 0 saturated heterocycles. The van der Waals surface area contributed by atoms with Crippen LogP contribution in [0.3, 0.4) is 0 Å². The molecule has 0 radical (unpaired) electrons. The first-order valence-corrected chi connectivity index (χ1v) is 16.6. The molecule has 0 heterocycles. The first-order valence-electron chi connectivity index (χ1n) is 16.6. The van der Waals surface area contributed by atoms with Crippen LogP contribution in [0.25, 0.3) is 10.8 Å². The fourth-order valence-electron chi connectivity index (χ4n) is 5.06. The number of fused-ring (bicyclic) bond motifs is 1. The molecule has 0 unspecified atom stereocenters. The summed E-state index contributed by atoms with van der Waals surface area (Å²) in [6.07, 6.45) is 4.76. The lowest BCUT2D eigenvalue weighted by Gasteiger charge is -2.16. The first kappa shape index (κ1) is 35.2. The van der Waals surface area contributed by atoms with Gasteiger partial charge in [0.05, 0.1) is 41.5 Å². The average molecular weight is 674 g/mol. The number of rotatable bonds is 18. The van der Waals surface area contributed by atoms with Crippen LogP contribution in [-0.2, 0) is 9.53 Å². The van der Waals surface area contributed by atoms with Crippen molar-refractivity contribution in [2.24, 2.45) is 0 Å². The Hall–Kier alpha value is -6.16. The molecule has 0 saturated carbocycles. The van der Waals surface area contributed by atoms with E-state index in [0.29, 0.717) is 30.3 Å². The zero-order chi connectivity index (χ0) is 35.1. The summed E-state index contributed by atoms with van der Waals surface area (Å²) in [5.74, 6) is 0.307. The minimum atomic E-state index is -0.452. The standard InChI is InChI=1S/C40H43N5O5/c1-4-39(46)49-28-10-6-5-9-27-48-34-23-13-29(14-24-34)40(47)50-38-26-25-37(35-11-7-8-12-36(35)38)44-43-31-17-15-30(16-18-31)41-42-32-19-21-33(22-20-32)45(2)3/h4,7-8,11-26,41-44H,1,5-6,9-10,27-28H2,2-3H3. The van der Waals surface area contributed by atoms with E-state index in [9.17, 15) is 9.59 Å². The van der Waals surface area contributed by atoms with Crippen LogP contribution in [0.1, 0.15) is 36.0 Å². The molecule has 5 rings (SSSR count). The zero-order valence-electron chi connectivity index (χ0n) is 28.4. The van der Waals surface area contributed by atoms with E-state index in [-0.39, 0.29) is 0 Å². The topological polar surface area (TPSA) is 113 Å². The molecule has 10 heteroatoms. The number of hydrogen-bond acceptors (Lipinski definition) is 10. The summed E-state index contributed by atoms with van der Waals surface area (Å²) in [5, 5.41) is 1.70. The normalized spacial score (nSPS) is 10.5. The summed E-state index contributed by atoms with van der Waals surface area (Å²) in [6.45, 7) is 4.34. The zero-order valence-corrected chi connectivity index (χ0v) is 28.4. The number of ether oxygens (including phenoxy) is 3. The number of unbranched alkanes of at least 4 members (excludes halogenated alkanes) is 3. The minimum Gasteiger partial charge on any atom is -0.494 e. The van der Waals surface area contributed by atoms with Crippen LogP contribution in [0, 0.1) is 0 Å². The number of nitrogens with one attached hydrogen (secondary N) is 4. The van der Waals surface area contributed by atoms with Gasteiger partial charge >= 0.3 is 11.9 Å². The molecular weight excluding hydrogens is 630 g/mol. The monoisotopic (exact) mass is 673 g/mol. The van der Waals surface area contributed by atoms with Crippen LogP contribution < -0.4 is 36.1 Å². The van der Waals surface area contributed by atoms with Crippen molar-refractivity contribution in [3.63, 3.8) is 0 Å². The van der Waals surface area contributed by atoms with E-state index in [1.807, 2.05) is 80.8 Å². The molecule has 0 fully saturated rings. The lowest BCUT2D eigenvalue weighted by Crippen LogP contribution is -2.12. The maximum absolute atomic E-state index is 13.1. The van der Waals surface area contributed by atoms with E-state index < -0.39 is 11.9 Å². The lowest BCUT2D eigenvalue weighted by molar-refractivity contribution is -0.137. The maximum atomic E-state index is 13.1. The summed E-state index contributed by atoms with van der Waals surface area (Å²) < 4.78 is 16.6. The van der Waals surface area contributed by atoms with Gasteiger partial charge in [-0.1, -0.05) is 30.8 Å². The van der Waals surface area contributed by atoms with Crippen LogP contribution >= 0.6 is 0 Å². The van der Waals surface area contributed by atoms with Gasteiger partial charge in [0.15, 0.2) is 0 Å². The molecule has 0 bridgehead atoms. The SMILES string of the molecule is C=CC(=O)OCCCCCCOc1ccc(C(=O)Oc2ccc(NNc3ccc(NNc4ccc(N(C)C)cc4)cc3)c3ccccc23)cc1. The average Bonchev–Trinajstić information content (AvgIpc) is 3.15.